The van der Waals surface area contributed by atoms with Gasteiger partial charge in [0.2, 0.25) is 0 Å². The first-order valence-electron chi connectivity index (χ1n) is 9.57. The van der Waals surface area contributed by atoms with Crippen LogP contribution in [0, 0.1) is 5.41 Å². The van der Waals surface area contributed by atoms with E-state index in [9.17, 15) is 4.79 Å². The molecule has 1 fully saturated rings. The van der Waals surface area contributed by atoms with Crippen LogP contribution in [0.1, 0.15) is 5.56 Å². The molecular formula is C22H26N4O2S2. The Morgan fingerprint density at radius 1 is 1.23 bits per heavy atom. The van der Waals surface area contributed by atoms with Crippen molar-refractivity contribution in [1.29, 1.82) is 5.41 Å². The summed E-state index contributed by atoms with van der Waals surface area (Å²) in [5, 5.41) is 13.4. The lowest BCUT2D eigenvalue weighted by Crippen LogP contribution is -2.27. The Balaban J connectivity index is 1.71. The number of thioether (sulfide) groups is 2. The van der Waals surface area contributed by atoms with E-state index in [0.29, 0.717) is 18.1 Å². The van der Waals surface area contributed by atoms with Crippen molar-refractivity contribution in [2.75, 3.05) is 39.2 Å². The molecular weight excluding hydrogens is 416 g/mol. The third-order valence-electron chi connectivity index (χ3n) is 4.42. The number of carbonyl (C=O) groups excluding carboxylic acids is 1. The number of carbonyl (C=O) groups is 1. The van der Waals surface area contributed by atoms with E-state index in [1.54, 1.807) is 0 Å². The van der Waals surface area contributed by atoms with Crippen molar-refractivity contribution in [2.24, 2.45) is 0 Å². The molecule has 0 spiro atoms. The molecule has 1 heterocycles. The molecule has 158 valence electrons. The van der Waals surface area contributed by atoms with Crippen LogP contribution in [0.15, 0.2) is 63.7 Å². The second-order valence-electron chi connectivity index (χ2n) is 6.86. The van der Waals surface area contributed by atoms with E-state index in [1.165, 1.54) is 28.4 Å². The molecule has 0 saturated carbocycles. The summed E-state index contributed by atoms with van der Waals surface area (Å²) >= 11 is 2.69. The van der Waals surface area contributed by atoms with Gasteiger partial charge in [0.25, 0.3) is 5.91 Å². The molecule has 2 aromatic rings. The first kappa shape index (κ1) is 22.3. The quantitative estimate of drug-likeness (QED) is 0.348. The number of nitrogens with one attached hydrogen (secondary N) is 2. The number of nitrogens with zero attached hydrogens (tertiary/aromatic N) is 2. The Morgan fingerprint density at radius 2 is 2.00 bits per heavy atom. The van der Waals surface area contributed by atoms with Crippen molar-refractivity contribution >= 4 is 40.3 Å². The van der Waals surface area contributed by atoms with Gasteiger partial charge < -0.3 is 15.0 Å². The molecule has 30 heavy (non-hydrogen) atoms. The van der Waals surface area contributed by atoms with Gasteiger partial charge in [-0.3, -0.25) is 15.1 Å². The number of ether oxygens (including phenoxy) is 1. The molecule has 1 aliphatic heterocycles. The average molecular weight is 443 g/mol. The van der Waals surface area contributed by atoms with Crippen LogP contribution in [-0.4, -0.2) is 50.3 Å². The number of amidine groups is 1. The maximum atomic E-state index is 12.8. The minimum Gasteiger partial charge on any atom is -0.492 e. The van der Waals surface area contributed by atoms with Crippen LogP contribution < -0.4 is 15.0 Å². The normalized spacial score (nSPS) is 15.2. The Morgan fingerprint density at radius 3 is 2.70 bits per heavy atom. The van der Waals surface area contributed by atoms with Gasteiger partial charge in [-0.1, -0.05) is 42.1 Å². The van der Waals surface area contributed by atoms with Crippen molar-refractivity contribution in [3.8, 4) is 5.75 Å². The number of anilines is 1. The number of rotatable bonds is 9. The third-order valence-corrected chi connectivity index (χ3v) is 6.45. The van der Waals surface area contributed by atoms with Crippen LogP contribution >= 0.6 is 23.5 Å². The van der Waals surface area contributed by atoms with Crippen molar-refractivity contribution in [1.82, 2.24) is 10.2 Å². The zero-order valence-corrected chi connectivity index (χ0v) is 19.0. The average Bonchev–Trinajstić information content (AvgIpc) is 3.01. The van der Waals surface area contributed by atoms with Gasteiger partial charge in [0, 0.05) is 31.6 Å². The first-order chi connectivity index (χ1) is 14.5. The van der Waals surface area contributed by atoms with E-state index in [0.717, 1.165) is 28.4 Å². The van der Waals surface area contributed by atoms with Gasteiger partial charge in [-0.05, 0) is 41.9 Å². The summed E-state index contributed by atoms with van der Waals surface area (Å²) in [7, 11) is 5.86. The van der Waals surface area contributed by atoms with Gasteiger partial charge in [0.05, 0.1) is 17.1 Å². The second-order valence-corrected chi connectivity index (χ2v) is 8.80. The lowest BCUT2D eigenvalue weighted by atomic mass is 10.2. The van der Waals surface area contributed by atoms with Crippen LogP contribution in [-0.2, 0) is 11.3 Å². The van der Waals surface area contributed by atoms with E-state index in [-0.39, 0.29) is 11.1 Å². The summed E-state index contributed by atoms with van der Waals surface area (Å²) in [4.78, 5) is 17.9. The summed E-state index contributed by atoms with van der Waals surface area (Å²) in [6, 6.07) is 15.7. The van der Waals surface area contributed by atoms with E-state index >= 15 is 0 Å². The molecule has 0 aromatic heterocycles. The molecule has 0 bridgehead atoms. The summed E-state index contributed by atoms with van der Waals surface area (Å²) in [5.74, 6) is 0.688. The fourth-order valence-corrected chi connectivity index (χ4v) is 4.68. The molecule has 2 aromatic carbocycles. The summed E-state index contributed by atoms with van der Waals surface area (Å²) < 4.78 is 5.77. The minimum absolute atomic E-state index is 0.125. The van der Waals surface area contributed by atoms with Crippen LogP contribution in [0.2, 0.25) is 0 Å². The van der Waals surface area contributed by atoms with Gasteiger partial charge in [0.1, 0.15) is 12.4 Å². The van der Waals surface area contributed by atoms with Crippen LogP contribution in [0.3, 0.4) is 0 Å². The monoisotopic (exact) mass is 442 g/mol. The fraction of sp³-hybridized carbons (Fsp3) is 0.273. The molecule has 0 unspecified atom stereocenters. The topological polar surface area (TPSA) is 68.7 Å². The van der Waals surface area contributed by atoms with E-state index in [1.807, 2.05) is 80.0 Å². The number of benzene rings is 2. The minimum atomic E-state index is -0.125. The SMILES string of the molecule is CNCCOc1ccc(S/C=C2\SC(=N)N(Cc3ccccc3)C2=O)c(N(C)C)c1. The second kappa shape index (κ2) is 10.6. The smallest absolute Gasteiger partial charge is 0.267 e. The predicted molar refractivity (Wildman–Crippen MR) is 126 cm³/mol. The van der Waals surface area contributed by atoms with Gasteiger partial charge in [0.15, 0.2) is 5.17 Å². The molecule has 0 aliphatic carbocycles. The number of hydrogen-bond donors (Lipinski definition) is 2. The van der Waals surface area contributed by atoms with E-state index in [2.05, 4.69) is 5.32 Å². The van der Waals surface area contributed by atoms with Crippen LogP contribution in [0.25, 0.3) is 0 Å². The zero-order valence-electron chi connectivity index (χ0n) is 17.3. The zero-order chi connectivity index (χ0) is 21.5. The van der Waals surface area contributed by atoms with Gasteiger partial charge in [-0.25, -0.2) is 0 Å². The number of likely N-dealkylation sites (N-methyl/N-ethyl adjacent to an activating group) is 1. The predicted octanol–water partition coefficient (Wildman–Crippen LogP) is 3.99. The highest BCUT2D eigenvalue weighted by Crippen LogP contribution is 2.38. The third kappa shape index (κ3) is 5.59. The molecule has 1 saturated heterocycles. The Kier molecular flexibility index (Phi) is 7.84. The van der Waals surface area contributed by atoms with Gasteiger partial charge in [-0.2, -0.15) is 0 Å². The molecule has 8 heteroatoms. The molecule has 2 N–H and O–H groups in total. The van der Waals surface area contributed by atoms with Gasteiger partial charge >= 0.3 is 0 Å². The van der Waals surface area contributed by atoms with E-state index in [4.69, 9.17) is 10.1 Å². The highest BCUT2D eigenvalue weighted by atomic mass is 32.2. The highest BCUT2D eigenvalue weighted by molar-refractivity contribution is 8.19. The molecule has 0 radical (unpaired) electrons. The first-order valence-corrected chi connectivity index (χ1v) is 11.3. The number of hydrogen-bond acceptors (Lipinski definition) is 7. The van der Waals surface area contributed by atoms with E-state index < -0.39 is 0 Å². The van der Waals surface area contributed by atoms with Gasteiger partial charge in [-0.15, -0.1) is 0 Å². The standard InChI is InChI=1S/C22H26N4O2S2/c1-24-11-12-28-17-9-10-19(18(13-17)25(2)3)29-15-20-21(27)26(22(23)30-20)14-16-7-5-4-6-8-16/h4-10,13,15,23-24H,11-12,14H2,1-3H3/b20-15-,23-22?. The molecule has 1 amide bonds. The molecule has 6 nitrogen and oxygen atoms in total. The van der Waals surface area contributed by atoms with Crippen molar-refractivity contribution < 1.29 is 9.53 Å². The molecule has 1 aliphatic rings. The summed E-state index contributed by atoms with van der Waals surface area (Å²) in [5.41, 5.74) is 2.03. The highest BCUT2D eigenvalue weighted by Gasteiger charge is 2.32. The fourth-order valence-electron chi connectivity index (χ4n) is 2.84. The lowest BCUT2D eigenvalue weighted by molar-refractivity contribution is -0.122. The molecule has 0 atom stereocenters. The lowest BCUT2D eigenvalue weighted by Gasteiger charge is -2.18. The van der Waals surface area contributed by atoms with Crippen molar-refractivity contribution in [3.05, 3.63) is 64.4 Å². The largest absolute Gasteiger partial charge is 0.492 e. The molecule has 3 rings (SSSR count). The summed E-state index contributed by atoms with van der Waals surface area (Å²) in [6.07, 6.45) is 0. The summed E-state index contributed by atoms with van der Waals surface area (Å²) in [6.45, 7) is 1.80. The Labute approximate surface area is 186 Å². The maximum Gasteiger partial charge on any atom is 0.267 e. The van der Waals surface area contributed by atoms with Crippen molar-refractivity contribution in [2.45, 2.75) is 11.4 Å². The Bertz CT molecular complexity index is 932. The Hall–Kier alpha value is -2.42. The number of amides is 1. The van der Waals surface area contributed by atoms with Crippen LogP contribution in [0.5, 0.6) is 5.75 Å². The van der Waals surface area contributed by atoms with Crippen molar-refractivity contribution in [3.63, 3.8) is 0 Å². The van der Waals surface area contributed by atoms with Crippen LogP contribution in [0.4, 0.5) is 5.69 Å². The maximum absolute atomic E-state index is 12.8.